The maximum absolute atomic E-state index is 12.8. The molecule has 1 heterocycles. The molecule has 0 amide bonds. The number of benzene rings is 1. The lowest BCUT2D eigenvalue weighted by atomic mass is 10.1. The van der Waals surface area contributed by atoms with Gasteiger partial charge in [0.2, 0.25) is 10.0 Å². The van der Waals surface area contributed by atoms with Crippen molar-refractivity contribution < 1.29 is 8.42 Å². The highest BCUT2D eigenvalue weighted by Gasteiger charge is 2.24. The van der Waals surface area contributed by atoms with Gasteiger partial charge in [-0.15, -0.1) is 0 Å². The van der Waals surface area contributed by atoms with Gasteiger partial charge < -0.3 is 10.6 Å². The van der Waals surface area contributed by atoms with Gasteiger partial charge in [-0.3, -0.25) is 0 Å². The van der Waals surface area contributed by atoms with Crippen LogP contribution in [0.1, 0.15) is 51.7 Å². The third kappa shape index (κ3) is 7.45. The van der Waals surface area contributed by atoms with E-state index >= 15 is 0 Å². The van der Waals surface area contributed by atoms with E-state index in [0.29, 0.717) is 17.4 Å². The van der Waals surface area contributed by atoms with Crippen LogP contribution in [-0.4, -0.2) is 33.0 Å². The van der Waals surface area contributed by atoms with E-state index in [1.54, 1.807) is 29.5 Å². The summed E-state index contributed by atoms with van der Waals surface area (Å²) in [5, 5.41) is 10.8. The second-order valence-corrected chi connectivity index (χ2v) is 10.4. The lowest BCUT2D eigenvalue weighted by Crippen LogP contribution is -2.41. The van der Waals surface area contributed by atoms with Gasteiger partial charge in [-0.05, 0) is 67.6 Å². The number of rotatable bonds is 8. The minimum absolute atomic E-state index is 0.265. The molecule has 0 aliphatic carbocycles. The Morgan fingerprint density at radius 3 is 2.52 bits per heavy atom. The van der Waals surface area contributed by atoms with Gasteiger partial charge in [0.15, 0.2) is 5.96 Å². The first-order valence-electron chi connectivity index (χ1n) is 9.78. The molecule has 29 heavy (non-hydrogen) atoms. The predicted molar refractivity (Wildman–Crippen MR) is 122 cm³/mol. The lowest BCUT2D eigenvalue weighted by Gasteiger charge is -2.21. The van der Waals surface area contributed by atoms with Crippen molar-refractivity contribution in [1.29, 1.82) is 0 Å². The summed E-state index contributed by atoms with van der Waals surface area (Å²) in [5.41, 5.74) is 1.40. The Morgan fingerprint density at radius 1 is 1.17 bits per heavy atom. The summed E-state index contributed by atoms with van der Waals surface area (Å²) in [5.74, 6) is 1.03. The van der Waals surface area contributed by atoms with Crippen LogP contribution in [0.3, 0.4) is 0 Å². The van der Waals surface area contributed by atoms with Gasteiger partial charge in [0.05, 0.1) is 11.4 Å². The zero-order valence-corrected chi connectivity index (χ0v) is 19.5. The number of nitrogens with zero attached hydrogens (tertiary/aromatic N) is 1. The van der Waals surface area contributed by atoms with Gasteiger partial charge >= 0.3 is 0 Å². The van der Waals surface area contributed by atoms with Gasteiger partial charge in [-0.25, -0.2) is 18.1 Å². The van der Waals surface area contributed by atoms with Crippen molar-refractivity contribution in [3.63, 3.8) is 0 Å². The summed E-state index contributed by atoms with van der Waals surface area (Å²) in [6.45, 7) is 11.4. The summed E-state index contributed by atoms with van der Waals surface area (Å²) in [6, 6.07) is 9.12. The number of hydrogen-bond donors (Lipinski definition) is 3. The molecule has 0 saturated carbocycles. The van der Waals surface area contributed by atoms with Gasteiger partial charge in [0, 0.05) is 18.6 Å². The highest BCUT2D eigenvalue weighted by atomic mass is 32.2. The molecule has 6 nitrogen and oxygen atoms in total. The summed E-state index contributed by atoms with van der Waals surface area (Å²) >= 11 is 1.69. The molecule has 0 bridgehead atoms. The quantitative estimate of drug-likeness (QED) is 0.435. The fraction of sp³-hybridized carbons (Fsp3) is 0.476. The highest BCUT2D eigenvalue weighted by Crippen LogP contribution is 2.19. The second kappa shape index (κ2) is 10.2. The van der Waals surface area contributed by atoms with Crippen LogP contribution >= 0.6 is 11.3 Å². The first kappa shape index (κ1) is 23.4. The van der Waals surface area contributed by atoms with E-state index in [2.05, 4.69) is 44.1 Å². The molecule has 1 aromatic heterocycles. The molecular formula is C21H32N4O2S2. The van der Waals surface area contributed by atoms with Crippen LogP contribution in [0.5, 0.6) is 0 Å². The van der Waals surface area contributed by atoms with Gasteiger partial charge in [-0.2, -0.15) is 11.3 Å². The normalized spacial score (nSPS) is 13.9. The number of hydrogen-bond acceptors (Lipinski definition) is 4. The number of thiophene rings is 1. The number of sulfonamides is 1. The summed E-state index contributed by atoms with van der Waals surface area (Å²) in [7, 11) is -3.62. The minimum Gasteiger partial charge on any atom is -0.357 e. The van der Waals surface area contributed by atoms with Crippen LogP contribution in [0.4, 0.5) is 0 Å². The van der Waals surface area contributed by atoms with E-state index in [4.69, 9.17) is 0 Å². The Labute approximate surface area is 178 Å². The Morgan fingerprint density at radius 2 is 1.90 bits per heavy atom. The minimum atomic E-state index is -3.62. The number of guanidine groups is 1. The van der Waals surface area contributed by atoms with Crippen molar-refractivity contribution in [2.75, 3.05) is 13.1 Å². The molecule has 2 rings (SSSR count). The molecular weight excluding hydrogens is 404 g/mol. The lowest BCUT2D eigenvalue weighted by molar-refractivity contribution is 0.491. The monoisotopic (exact) mass is 436 g/mol. The Bertz CT molecular complexity index is 901. The van der Waals surface area contributed by atoms with Crippen LogP contribution in [0.2, 0.25) is 0 Å². The average molecular weight is 437 g/mol. The van der Waals surface area contributed by atoms with Crippen molar-refractivity contribution in [2.24, 2.45) is 4.99 Å². The highest BCUT2D eigenvalue weighted by molar-refractivity contribution is 7.89. The molecule has 1 aromatic carbocycles. The van der Waals surface area contributed by atoms with Gasteiger partial charge in [0.25, 0.3) is 0 Å². The fourth-order valence-electron chi connectivity index (χ4n) is 2.78. The summed E-state index contributed by atoms with van der Waals surface area (Å²) in [4.78, 5) is 4.88. The van der Waals surface area contributed by atoms with Crippen LogP contribution in [0, 0.1) is 0 Å². The van der Waals surface area contributed by atoms with Crippen molar-refractivity contribution in [2.45, 2.75) is 57.5 Å². The largest absolute Gasteiger partial charge is 0.357 e. The van der Waals surface area contributed by atoms with E-state index in [0.717, 1.165) is 13.1 Å². The maximum atomic E-state index is 12.8. The van der Waals surface area contributed by atoms with E-state index in [-0.39, 0.29) is 11.4 Å². The van der Waals surface area contributed by atoms with E-state index in [1.807, 2.05) is 33.8 Å². The summed E-state index contributed by atoms with van der Waals surface area (Å²) in [6.07, 6.45) is 0. The van der Waals surface area contributed by atoms with Gasteiger partial charge in [0.1, 0.15) is 0 Å². The molecule has 0 aliphatic rings. The standard InChI is InChI=1S/C21H32N4O2S2/c1-6-22-20(23-13-16(2)18-11-12-28-15-18)24-14-17-9-7-8-10-19(17)29(26,27)25-21(3,4)5/h7-12,15-16,25H,6,13-14H2,1-5H3,(H2,22,23,24). The van der Waals surface area contributed by atoms with Crippen LogP contribution in [0.15, 0.2) is 51.0 Å². The maximum Gasteiger partial charge on any atom is 0.241 e. The average Bonchev–Trinajstić information content (AvgIpc) is 3.17. The molecule has 0 spiro atoms. The van der Waals surface area contributed by atoms with Crippen LogP contribution in [-0.2, 0) is 16.6 Å². The second-order valence-electron chi connectivity index (χ2n) is 8.00. The molecule has 0 aliphatic heterocycles. The number of aliphatic imine (C=N–C) groups is 1. The van der Waals surface area contributed by atoms with E-state index < -0.39 is 15.6 Å². The van der Waals surface area contributed by atoms with Crippen LogP contribution < -0.4 is 15.4 Å². The Balaban J connectivity index is 2.15. The third-order valence-electron chi connectivity index (χ3n) is 4.14. The first-order valence-corrected chi connectivity index (χ1v) is 12.2. The van der Waals surface area contributed by atoms with Crippen molar-refractivity contribution in [1.82, 2.24) is 15.4 Å². The molecule has 8 heteroatoms. The SMILES string of the molecule is CCNC(=NCc1ccccc1S(=O)(=O)NC(C)(C)C)NCC(C)c1ccsc1. The smallest absolute Gasteiger partial charge is 0.241 e. The first-order chi connectivity index (χ1) is 13.6. The molecule has 160 valence electrons. The molecule has 2 aromatic rings. The zero-order valence-electron chi connectivity index (χ0n) is 17.8. The molecule has 0 saturated heterocycles. The third-order valence-corrected chi connectivity index (χ3v) is 6.70. The van der Waals surface area contributed by atoms with Gasteiger partial charge in [-0.1, -0.05) is 25.1 Å². The Hall–Kier alpha value is -1.90. The Kier molecular flexibility index (Phi) is 8.24. The topological polar surface area (TPSA) is 82.6 Å². The zero-order chi connectivity index (χ0) is 21.5. The van der Waals surface area contributed by atoms with Crippen LogP contribution in [0.25, 0.3) is 0 Å². The van der Waals surface area contributed by atoms with E-state index in [9.17, 15) is 8.42 Å². The van der Waals surface area contributed by atoms with Crippen molar-refractivity contribution in [3.8, 4) is 0 Å². The molecule has 3 N–H and O–H groups in total. The summed E-state index contributed by atoms with van der Waals surface area (Å²) < 4.78 is 28.3. The molecule has 0 radical (unpaired) electrons. The molecule has 1 atom stereocenters. The fourth-order valence-corrected chi connectivity index (χ4v) is 5.22. The molecule has 0 fully saturated rings. The van der Waals surface area contributed by atoms with E-state index in [1.165, 1.54) is 5.56 Å². The van der Waals surface area contributed by atoms with Crippen molar-refractivity contribution in [3.05, 3.63) is 52.2 Å². The predicted octanol–water partition coefficient (Wildman–Crippen LogP) is 3.68. The van der Waals surface area contributed by atoms with Crippen molar-refractivity contribution >= 4 is 27.3 Å². The molecule has 1 unspecified atom stereocenters. The number of nitrogens with one attached hydrogen (secondary N) is 3.